The van der Waals surface area contributed by atoms with Crippen molar-refractivity contribution in [2.24, 2.45) is 5.92 Å². The Hall–Kier alpha value is -2.16. The zero-order chi connectivity index (χ0) is 27.2. The van der Waals surface area contributed by atoms with Gasteiger partial charge in [0.1, 0.15) is 12.5 Å². The van der Waals surface area contributed by atoms with Crippen LogP contribution in [0.2, 0.25) is 0 Å². The lowest BCUT2D eigenvalue weighted by Gasteiger charge is -2.15. The Morgan fingerprint density at radius 1 is 1.00 bits per heavy atom. The van der Waals surface area contributed by atoms with Gasteiger partial charge in [0.05, 0.1) is 17.2 Å². The van der Waals surface area contributed by atoms with Crippen molar-refractivity contribution < 1.29 is 40.6 Å². The average molecular weight is 513 g/mol. The Morgan fingerprint density at radius 2 is 1.46 bits per heavy atom. The molecule has 1 aromatic carbocycles. The molecule has 9 heteroatoms. The number of allylic oxidation sites excluding steroid dienone is 4. The number of aliphatic hydroxyl groups is 1. The highest BCUT2D eigenvalue weighted by atomic mass is 19.4. The first-order valence-electron chi connectivity index (χ1n) is 11.7. The van der Waals surface area contributed by atoms with Crippen LogP contribution in [-0.2, 0) is 17.1 Å². The maximum atomic E-state index is 12.7. The van der Waals surface area contributed by atoms with Gasteiger partial charge in [-0.3, -0.25) is 0 Å². The fourth-order valence-corrected chi connectivity index (χ4v) is 3.39. The molecule has 2 aliphatic rings. The lowest BCUT2D eigenvalue weighted by Crippen LogP contribution is -2.12. The van der Waals surface area contributed by atoms with E-state index < -0.39 is 41.3 Å². The molecule has 2 atom stereocenters. The quantitative estimate of drug-likeness (QED) is 0.325. The van der Waals surface area contributed by atoms with E-state index in [0.29, 0.717) is 25.0 Å². The molecule has 1 fully saturated rings. The van der Waals surface area contributed by atoms with E-state index in [2.05, 4.69) is 6.08 Å². The van der Waals surface area contributed by atoms with Crippen molar-refractivity contribution in [1.29, 1.82) is 0 Å². The Labute approximate surface area is 202 Å². The number of benzene rings is 1. The smallest absolute Gasteiger partial charge is 0.389 e. The summed E-state index contributed by atoms with van der Waals surface area (Å²) in [4.78, 5) is 9.17. The third-order valence-corrected chi connectivity index (χ3v) is 5.16. The van der Waals surface area contributed by atoms with Crippen molar-refractivity contribution in [2.45, 2.75) is 90.8 Å². The minimum absolute atomic E-state index is 0.0197. The summed E-state index contributed by atoms with van der Waals surface area (Å²) in [7, 11) is 0. The Kier molecular flexibility index (Phi) is 14.8. The molecule has 35 heavy (non-hydrogen) atoms. The van der Waals surface area contributed by atoms with Gasteiger partial charge < -0.3 is 9.90 Å². The second-order valence-electron chi connectivity index (χ2n) is 7.89. The second kappa shape index (κ2) is 15.8. The van der Waals surface area contributed by atoms with E-state index in [-0.39, 0.29) is 6.07 Å². The van der Waals surface area contributed by atoms with Crippen LogP contribution in [-0.4, -0.2) is 17.6 Å². The molecule has 0 saturated heterocycles. The zero-order valence-electron chi connectivity index (χ0n) is 20.5. The molecule has 0 radical (unpaired) electrons. The maximum absolute atomic E-state index is 12.7. The highest BCUT2D eigenvalue weighted by molar-refractivity contribution is 5.48. The Balaban J connectivity index is 0.000000556. The number of aldehydes is 1. The molecule has 2 unspecified atom stereocenters. The molecule has 0 aromatic heterocycles. The molecule has 0 heterocycles. The summed E-state index contributed by atoms with van der Waals surface area (Å²) in [6, 6.07) is 1.02. The van der Waals surface area contributed by atoms with Crippen molar-refractivity contribution in [3.05, 3.63) is 58.7 Å². The highest BCUT2D eigenvalue weighted by Gasteiger charge is 2.37. The first-order chi connectivity index (χ1) is 16.3. The van der Waals surface area contributed by atoms with E-state index in [1.54, 1.807) is 6.08 Å². The molecule has 1 aromatic rings. The summed E-state index contributed by atoms with van der Waals surface area (Å²) in [6.07, 6.45) is 1.33. The molecule has 1 saturated carbocycles. The Morgan fingerprint density at radius 3 is 1.77 bits per heavy atom. The standard InChI is InChI=1S/C11H15F.C10H8F6O.C3H6O.C2H6/c12-11-7-5-10(6-8-11)9-3-1-2-4-9;1-5(17)6-2-7(9(11,12)13)4-8(3-6)10(14,15)16;1-2-3-4;1-2/h5-7,9,11H,1-4,8H2;2-5,17H,1H3;3H,2H2,1H3;1-2H3. The predicted octanol–water partition coefficient (Wildman–Crippen LogP) is 8.80. The molecule has 0 bridgehead atoms. The van der Waals surface area contributed by atoms with Crippen molar-refractivity contribution in [2.75, 3.05) is 0 Å². The highest BCUT2D eigenvalue weighted by Crippen LogP contribution is 2.37. The van der Waals surface area contributed by atoms with E-state index in [0.717, 1.165) is 19.1 Å². The summed E-state index contributed by atoms with van der Waals surface area (Å²) in [5.41, 5.74) is -1.89. The van der Waals surface area contributed by atoms with Gasteiger partial charge in [-0.05, 0) is 55.0 Å². The number of hydrogen-bond donors (Lipinski definition) is 1. The van der Waals surface area contributed by atoms with Crippen molar-refractivity contribution in [1.82, 2.24) is 0 Å². The first kappa shape index (κ1) is 32.8. The molecule has 3 rings (SSSR count). The topological polar surface area (TPSA) is 37.3 Å². The van der Waals surface area contributed by atoms with Gasteiger partial charge in [0, 0.05) is 12.8 Å². The maximum Gasteiger partial charge on any atom is 0.416 e. The van der Waals surface area contributed by atoms with Gasteiger partial charge in [-0.1, -0.05) is 51.8 Å². The van der Waals surface area contributed by atoms with Crippen LogP contribution in [0.1, 0.15) is 89.0 Å². The summed E-state index contributed by atoms with van der Waals surface area (Å²) in [5, 5.41) is 9.07. The van der Waals surface area contributed by atoms with Gasteiger partial charge in [0.25, 0.3) is 0 Å². The van der Waals surface area contributed by atoms with Crippen LogP contribution in [0.5, 0.6) is 0 Å². The molecule has 1 N–H and O–H groups in total. The van der Waals surface area contributed by atoms with Crippen LogP contribution in [0.4, 0.5) is 30.7 Å². The Bertz CT molecular complexity index is 771. The van der Waals surface area contributed by atoms with E-state index >= 15 is 0 Å². The monoisotopic (exact) mass is 512 g/mol. The molecular formula is C26H35F7O2. The minimum Gasteiger partial charge on any atom is -0.389 e. The van der Waals surface area contributed by atoms with Gasteiger partial charge in [0.2, 0.25) is 0 Å². The zero-order valence-corrected chi connectivity index (χ0v) is 20.5. The fraction of sp³-hybridized carbons (Fsp3) is 0.577. The van der Waals surface area contributed by atoms with Crippen LogP contribution in [0.3, 0.4) is 0 Å². The number of rotatable bonds is 3. The minimum atomic E-state index is -4.88. The first-order valence-corrected chi connectivity index (χ1v) is 11.7. The average Bonchev–Trinajstić information content (AvgIpc) is 3.35. The van der Waals surface area contributed by atoms with Crippen LogP contribution >= 0.6 is 0 Å². The number of carbonyl (C=O) groups is 1. The molecule has 2 aliphatic carbocycles. The lowest BCUT2D eigenvalue weighted by atomic mass is 9.92. The normalized spacial score (nSPS) is 18.6. The van der Waals surface area contributed by atoms with Crippen molar-refractivity contribution in [3.8, 4) is 0 Å². The largest absolute Gasteiger partial charge is 0.416 e. The van der Waals surface area contributed by atoms with Crippen molar-refractivity contribution >= 4 is 6.29 Å². The molecule has 0 amide bonds. The van der Waals surface area contributed by atoms with Crippen LogP contribution < -0.4 is 0 Å². The van der Waals surface area contributed by atoms with Crippen molar-refractivity contribution in [3.63, 3.8) is 0 Å². The second-order valence-corrected chi connectivity index (χ2v) is 7.89. The molecule has 0 spiro atoms. The van der Waals surface area contributed by atoms with E-state index in [4.69, 9.17) is 5.11 Å². The SMILES string of the molecule is CC.CC(O)c1cc(C(F)(F)F)cc(C(F)(F)F)c1.CCC=O.FC1C=CC(C2CCCC2)=CC1. The third kappa shape index (κ3) is 12.4. The molecular weight excluding hydrogens is 477 g/mol. The number of aliphatic hydroxyl groups excluding tert-OH is 1. The van der Waals surface area contributed by atoms with Gasteiger partial charge in [-0.25, -0.2) is 4.39 Å². The molecule has 0 aliphatic heterocycles. The van der Waals surface area contributed by atoms with Gasteiger partial charge in [0.15, 0.2) is 0 Å². The van der Waals surface area contributed by atoms with Crippen LogP contribution in [0.25, 0.3) is 0 Å². The predicted molar refractivity (Wildman–Crippen MR) is 123 cm³/mol. The summed E-state index contributed by atoms with van der Waals surface area (Å²) in [6.45, 7) is 6.91. The number of carbonyl (C=O) groups excluding carboxylic acids is 1. The van der Waals surface area contributed by atoms with Gasteiger partial charge in [-0.2, -0.15) is 26.3 Å². The van der Waals surface area contributed by atoms with E-state index in [1.807, 2.05) is 26.8 Å². The van der Waals surface area contributed by atoms with Crippen LogP contribution in [0, 0.1) is 5.92 Å². The van der Waals surface area contributed by atoms with Gasteiger partial charge >= 0.3 is 12.4 Å². The number of halogens is 7. The molecule has 200 valence electrons. The lowest BCUT2D eigenvalue weighted by molar-refractivity contribution is -0.143. The van der Waals surface area contributed by atoms with E-state index in [9.17, 15) is 35.5 Å². The number of hydrogen-bond acceptors (Lipinski definition) is 2. The summed E-state index contributed by atoms with van der Waals surface area (Å²) >= 11 is 0. The van der Waals surface area contributed by atoms with Crippen LogP contribution in [0.15, 0.2) is 42.0 Å². The third-order valence-electron chi connectivity index (χ3n) is 5.16. The fourth-order valence-electron chi connectivity index (χ4n) is 3.39. The van der Waals surface area contributed by atoms with Gasteiger partial charge in [-0.15, -0.1) is 0 Å². The summed E-state index contributed by atoms with van der Waals surface area (Å²) < 4.78 is 86.8. The number of alkyl halides is 7. The van der Waals surface area contributed by atoms with E-state index in [1.165, 1.54) is 31.3 Å². The summed E-state index contributed by atoms with van der Waals surface area (Å²) in [5.74, 6) is 0.744. The molecule has 2 nitrogen and oxygen atoms in total.